The van der Waals surface area contributed by atoms with E-state index in [-0.39, 0.29) is 13.0 Å². The molecule has 0 fully saturated rings. The summed E-state index contributed by atoms with van der Waals surface area (Å²) < 4.78 is 5.04. The first-order valence-electron chi connectivity index (χ1n) is 9.24. The van der Waals surface area contributed by atoms with Gasteiger partial charge in [-0.1, -0.05) is 37.3 Å². The Hall–Kier alpha value is -2.94. The second-order valence-corrected chi connectivity index (χ2v) is 7.03. The Morgan fingerprint density at radius 2 is 1.63 bits per heavy atom. The van der Waals surface area contributed by atoms with Gasteiger partial charge in [0, 0.05) is 12.3 Å². The fourth-order valence-corrected chi connectivity index (χ4v) is 2.61. The lowest BCUT2D eigenvalue weighted by Gasteiger charge is -2.19. The minimum atomic E-state index is -1.27. The van der Waals surface area contributed by atoms with Crippen LogP contribution < -0.4 is 10.6 Å². The van der Waals surface area contributed by atoms with E-state index in [2.05, 4.69) is 10.6 Å². The molecule has 1 aromatic rings. The number of hydrogen-bond donors (Lipinski definition) is 3. The van der Waals surface area contributed by atoms with Gasteiger partial charge >= 0.3 is 12.1 Å². The molecule has 0 saturated heterocycles. The Morgan fingerprint density at radius 1 is 1.00 bits per heavy atom. The highest BCUT2D eigenvalue weighted by Gasteiger charge is 2.27. The molecule has 0 spiro atoms. The highest BCUT2D eigenvalue weighted by molar-refractivity contribution is 6.28. The molecule has 0 radical (unpaired) electrons. The van der Waals surface area contributed by atoms with Crippen LogP contribution in [0.25, 0.3) is 0 Å². The molecule has 30 heavy (non-hydrogen) atoms. The van der Waals surface area contributed by atoms with Gasteiger partial charge in [0.2, 0.25) is 5.91 Å². The fraction of sp³-hybridized carbons (Fsp3) is 0.450. The van der Waals surface area contributed by atoms with Gasteiger partial charge in [-0.05, 0) is 12.5 Å². The number of benzene rings is 1. The summed E-state index contributed by atoms with van der Waals surface area (Å²) in [7, 11) is 0. The van der Waals surface area contributed by atoms with Crippen LogP contribution in [0.5, 0.6) is 0 Å². The number of carbonyl (C=O) groups is 5. The maximum absolute atomic E-state index is 12.3. The summed E-state index contributed by atoms with van der Waals surface area (Å²) in [4.78, 5) is 58.9. The number of amides is 2. The zero-order chi connectivity index (χ0) is 22.7. The molecule has 1 aromatic carbocycles. The normalized spacial score (nSPS) is 13.4. The van der Waals surface area contributed by atoms with Crippen molar-refractivity contribution in [1.29, 1.82) is 0 Å². The zero-order valence-corrected chi connectivity index (χ0v) is 17.5. The monoisotopic (exact) mass is 440 g/mol. The zero-order valence-electron chi connectivity index (χ0n) is 16.7. The summed E-state index contributed by atoms with van der Waals surface area (Å²) in [6, 6.07) is 6.84. The molecule has 2 amide bonds. The van der Waals surface area contributed by atoms with Gasteiger partial charge in [0.25, 0.3) is 0 Å². The van der Waals surface area contributed by atoms with Gasteiger partial charge in [-0.15, -0.1) is 11.6 Å². The second-order valence-electron chi connectivity index (χ2n) is 6.76. The van der Waals surface area contributed by atoms with Crippen LogP contribution in [-0.2, 0) is 30.5 Å². The molecule has 0 heterocycles. The molecule has 1 rings (SSSR count). The first-order valence-corrected chi connectivity index (χ1v) is 9.78. The third-order valence-corrected chi connectivity index (χ3v) is 4.46. The lowest BCUT2D eigenvalue weighted by atomic mass is 9.99. The maximum atomic E-state index is 12.3. The van der Waals surface area contributed by atoms with Crippen molar-refractivity contribution < 1.29 is 33.8 Å². The van der Waals surface area contributed by atoms with E-state index in [4.69, 9.17) is 21.4 Å². The molecule has 3 N–H and O–H groups in total. The predicted octanol–water partition coefficient (Wildman–Crippen LogP) is 1.66. The molecule has 3 unspecified atom stereocenters. The summed E-state index contributed by atoms with van der Waals surface area (Å²) in [5, 5.41) is 13.5. The van der Waals surface area contributed by atoms with Crippen LogP contribution in [0.4, 0.5) is 4.79 Å². The smallest absolute Gasteiger partial charge is 0.408 e. The number of nitrogens with one attached hydrogen (secondary N) is 2. The molecule has 0 aromatic heterocycles. The van der Waals surface area contributed by atoms with Crippen molar-refractivity contribution in [2.75, 3.05) is 5.88 Å². The van der Waals surface area contributed by atoms with Crippen LogP contribution in [-0.4, -0.2) is 52.6 Å². The van der Waals surface area contributed by atoms with E-state index in [1.54, 1.807) is 24.3 Å². The van der Waals surface area contributed by atoms with Crippen molar-refractivity contribution in [3.05, 3.63) is 35.9 Å². The van der Waals surface area contributed by atoms with Crippen molar-refractivity contribution in [3.63, 3.8) is 0 Å². The highest BCUT2D eigenvalue weighted by atomic mass is 35.5. The van der Waals surface area contributed by atoms with Gasteiger partial charge < -0.3 is 20.5 Å². The van der Waals surface area contributed by atoms with E-state index in [9.17, 15) is 24.0 Å². The van der Waals surface area contributed by atoms with Gasteiger partial charge in [0.1, 0.15) is 6.61 Å². The highest BCUT2D eigenvalue weighted by Crippen LogP contribution is 2.08. The number of halogens is 1. The molecule has 0 aliphatic rings. The average Bonchev–Trinajstić information content (AvgIpc) is 2.71. The predicted molar refractivity (Wildman–Crippen MR) is 108 cm³/mol. The molecule has 10 heteroatoms. The minimum absolute atomic E-state index is 0.0476. The number of alkyl carbamates (subject to hydrolysis) is 1. The average molecular weight is 441 g/mol. The number of alkyl halides is 1. The van der Waals surface area contributed by atoms with Crippen LogP contribution in [0.1, 0.15) is 32.3 Å². The number of rotatable bonds is 12. The summed E-state index contributed by atoms with van der Waals surface area (Å²) in [5.41, 5.74) is 0.791. The molecule has 164 valence electrons. The third kappa shape index (κ3) is 9.04. The van der Waals surface area contributed by atoms with Crippen LogP contribution in [0.15, 0.2) is 30.3 Å². The molecule has 0 aliphatic heterocycles. The molecule has 0 saturated carbocycles. The SMILES string of the molecule is CC(CC(=O)C(C)NC(=O)OCc1ccccc1)C(=O)NC(CC(=O)O)C(=O)CCl. The Kier molecular flexibility index (Phi) is 10.5. The van der Waals surface area contributed by atoms with Crippen molar-refractivity contribution in [3.8, 4) is 0 Å². The van der Waals surface area contributed by atoms with Crippen molar-refractivity contribution in [2.45, 2.75) is 45.4 Å². The molecule has 0 bridgehead atoms. The summed E-state index contributed by atoms with van der Waals surface area (Å²) in [6.07, 6.45) is -1.60. The van der Waals surface area contributed by atoms with Crippen LogP contribution in [0.3, 0.4) is 0 Å². The molecule has 0 aliphatic carbocycles. The third-order valence-electron chi connectivity index (χ3n) is 4.20. The van der Waals surface area contributed by atoms with Gasteiger partial charge in [0.15, 0.2) is 11.6 Å². The van der Waals surface area contributed by atoms with Crippen molar-refractivity contribution >= 4 is 41.1 Å². The van der Waals surface area contributed by atoms with Gasteiger partial charge in [-0.25, -0.2) is 4.79 Å². The second kappa shape index (κ2) is 12.6. The van der Waals surface area contributed by atoms with E-state index in [1.165, 1.54) is 13.8 Å². The van der Waals surface area contributed by atoms with Crippen LogP contribution in [0, 0.1) is 5.92 Å². The maximum Gasteiger partial charge on any atom is 0.408 e. The van der Waals surface area contributed by atoms with Gasteiger partial charge in [-0.3, -0.25) is 19.2 Å². The van der Waals surface area contributed by atoms with E-state index in [0.29, 0.717) is 0 Å². The van der Waals surface area contributed by atoms with Crippen molar-refractivity contribution in [2.24, 2.45) is 5.92 Å². The topological polar surface area (TPSA) is 139 Å². The molecular formula is C20H25ClN2O7. The summed E-state index contributed by atoms with van der Waals surface area (Å²) in [5.74, 6) is -4.28. The van der Waals surface area contributed by atoms with Crippen LogP contribution >= 0.6 is 11.6 Å². The number of ether oxygens (including phenoxy) is 1. The summed E-state index contributed by atoms with van der Waals surface area (Å²) >= 11 is 5.43. The lowest BCUT2D eigenvalue weighted by molar-refractivity contribution is -0.140. The number of carbonyl (C=O) groups excluding carboxylic acids is 4. The molecule has 3 atom stereocenters. The molecular weight excluding hydrogens is 416 g/mol. The van der Waals surface area contributed by atoms with E-state index in [1.807, 2.05) is 6.07 Å². The standard InChI is InChI=1S/C20H25ClN2O7/c1-12(19(28)23-15(9-18(26)27)17(25)10-21)8-16(24)13(2)22-20(29)30-11-14-6-4-3-5-7-14/h3-7,12-13,15H,8-11H2,1-2H3,(H,22,29)(H,23,28)(H,26,27). The Labute approximate surface area is 179 Å². The minimum Gasteiger partial charge on any atom is -0.481 e. The lowest BCUT2D eigenvalue weighted by Crippen LogP contribution is -2.46. The number of ketones is 2. The number of carboxylic acids is 1. The Bertz CT molecular complexity index is 770. The first kappa shape index (κ1) is 25.1. The number of carboxylic acid groups (broad SMARTS) is 1. The Balaban J connectivity index is 2.50. The fourth-order valence-electron chi connectivity index (χ4n) is 2.42. The van der Waals surface area contributed by atoms with E-state index >= 15 is 0 Å². The van der Waals surface area contributed by atoms with E-state index in [0.717, 1.165) is 5.56 Å². The van der Waals surface area contributed by atoms with Gasteiger partial charge in [-0.2, -0.15) is 0 Å². The van der Waals surface area contributed by atoms with E-state index < -0.39 is 59.8 Å². The van der Waals surface area contributed by atoms with Crippen LogP contribution in [0.2, 0.25) is 0 Å². The number of Topliss-reactive ketones (excluding diaryl/α,β-unsaturated/α-hetero) is 2. The number of hydrogen-bond acceptors (Lipinski definition) is 6. The summed E-state index contributed by atoms with van der Waals surface area (Å²) in [6.45, 7) is 2.96. The number of aliphatic carboxylic acids is 1. The molecule has 9 nitrogen and oxygen atoms in total. The Morgan fingerprint density at radius 3 is 2.20 bits per heavy atom. The quantitative estimate of drug-likeness (QED) is 0.420. The first-order chi connectivity index (χ1) is 14.1. The van der Waals surface area contributed by atoms with Crippen molar-refractivity contribution in [1.82, 2.24) is 10.6 Å². The van der Waals surface area contributed by atoms with Gasteiger partial charge in [0.05, 0.1) is 24.4 Å². The largest absolute Gasteiger partial charge is 0.481 e.